The van der Waals surface area contributed by atoms with Crippen molar-refractivity contribution in [1.29, 1.82) is 0 Å². The van der Waals surface area contributed by atoms with Gasteiger partial charge in [-0.1, -0.05) is 19.1 Å². The number of nitrogens with zero attached hydrogens (tertiary/aromatic N) is 1. The predicted octanol–water partition coefficient (Wildman–Crippen LogP) is 1.77. The van der Waals surface area contributed by atoms with E-state index < -0.39 is 0 Å². The molecule has 0 fully saturated rings. The molecule has 0 aromatic heterocycles. The third-order valence-electron chi connectivity index (χ3n) is 3.01. The highest BCUT2D eigenvalue weighted by Gasteiger charge is 2.24. The number of aliphatic hydroxyl groups is 1. The number of anilines is 1. The minimum absolute atomic E-state index is 0.243. The molecule has 1 aromatic carbocycles. The van der Waals surface area contributed by atoms with E-state index in [4.69, 9.17) is 5.11 Å². The third-order valence-corrected chi connectivity index (χ3v) is 3.01. The third kappa shape index (κ3) is 1.40. The standard InChI is InChI=1S/C12H17NO/c1-9-8-13(2)11-5-3-4-10(6-7-14)12(9)11/h3-5,9,14H,6-8H2,1-2H3. The van der Waals surface area contributed by atoms with Crippen LogP contribution in [0.25, 0.3) is 0 Å². The van der Waals surface area contributed by atoms with E-state index in [9.17, 15) is 0 Å². The first-order valence-corrected chi connectivity index (χ1v) is 5.18. The zero-order valence-corrected chi connectivity index (χ0v) is 8.83. The molecule has 0 saturated carbocycles. The molecule has 1 aliphatic heterocycles. The highest BCUT2D eigenvalue weighted by molar-refractivity contribution is 5.62. The highest BCUT2D eigenvalue weighted by atomic mass is 16.2. The average Bonchev–Trinajstić information content (AvgIpc) is 2.44. The van der Waals surface area contributed by atoms with Gasteiger partial charge in [0.15, 0.2) is 0 Å². The van der Waals surface area contributed by atoms with Gasteiger partial charge in [0.25, 0.3) is 0 Å². The molecule has 1 heterocycles. The van der Waals surface area contributed by atoms with Crippen LogP contribution in [0.2, 0.25) is 0 Å². The molecule has 0 amide bonds. The zero-order valence-electron chi connectivity index (χ0n) is 8.83. The molecule has 2 rings (SSSR count). The van der Waals surface area contributed by atoms with Crippen molar-refractivity contribution < 1.29 is 5.11 Å². The van der Waals surface area contributed by atoms with Gasteiger partial charge in [-0.25, -0.2) is 0 Å². The van der Waals surface area contributed by atoms with Crippen LogP contribution in [0.15, 0.2) is 18.2 Å². The number of aliphatic hydroxyl groups excluding tert-OH is 1. The maximum atomic E-state index is 8.99. The summed E-state index contributed by atoms with van der Waals surface area (Å²) in [6, 6.07) is 6.38. The molecule has 1 atom stereocenters. The highest BCUT2D eigenvalue weighted by Crippen LogP contribution is 2.37. The van der Waals surface area contributed by atoms with Gasteiger partial charge >= 0.3 is 0 Å². The minimum atomic E-state index is 0.243. The first-order chi connectivity index (χ1) is 6.74. The molecule has 2 nitrogen and oxygen atoms in total. The van der Waals surface area contributed by atoms with Crippen LogP contribution in [0.5, 0.6) is 0 Å². The number of likely N-dealkylation sites (N-methyl/N-ethyl adjacent to an activating group) is 1. The van der Waals surface area contributed by atoms with Crippen molar-refractivity contribution in [2.45, 2.75) is 19.3 Å². The Morgan fingerprint density at radius 2 is 2.29 bits per heavy atom. The van der Waals surface area contributed by atoms with Crippen LogP contribution in [-0.2, 0) is 6.42 Å². The van der Waals surface area contributed by atoms with Gasteiger partial charge in [0.05, 0.1) is 0 Å². The molecule has 0 aliphatic carbocycles. The van der Waals surface area contributed by atoms with Crippen molar-refractivity contribution in [3.63, 3.8) is 0 Å². The van der Waals surface area contributed by atoms with Crippen LogP contribution in [-0.4, -0.2) is 25.3 Å². The van der Waals surface area contributed by atoms with Gasteiger partial charge in [0.1, 0.15) is 0 Å². The molecule has 14 heavy (non-hydrogen) atoms. The summed E-state index contributed by atoms with van der Waals surface area (Å²) in [5.74, 6) is 0.595. The first kappa shape index (κ1) is 9.53. The second-order valence-electron chi connectivity index (χ2n) is 4.11. The Hall–Kier alpha value is -1.02. The largest absolute Gasteiger partial charge is 0.396 e. The van der Waals surface area contributed by atoms with E-state index in [1.165, 1.54) is 16.8 Å². The summed E-state index contributed by atoms with van der Waals surface area (Å²) in [5.41, 5.74) is 4.08. The molecular weight excluding hydrogens is 174 g/mol. The molecule has 2 heteroatoms. The molecule has 1 aromatic rings. The fraction of sp³-hybridized carbons (Fsp3) is 0.500. The van der Waals surface area contributed by atoms with E-state index in [1.807, 2.05) is 0 Å². The van der Waals surface area contributed by atoms with Gasteiger partial charge in [-0.3, -0.25) is 0 Å². The summed E-state index contributed by atoms with van der Waals surface area (Å²) < 4.78 is 0. The number of hydrogen-bond donors (Lipinski definition) is 1. The van der Waals surface area contributed by atoms with E-state index in [2.05, 4.69) is 37.1 Å². The van der Waals surface area contributed by atoms with Gasteiger partial charge in [-0.05, 0) is 23.6 Å². The lowest BCUT2D eigenvalue weighted by atomic mass is 9.96. The van der Waals surface area contributed by atoms with Crippen molar-refractivity contribution in [2.24, 2.45) is 0 Å². The monoisotopic (exact) mass is 191 g/mol. The summed E-state index contributed by atoms with van der Waals surface area (Å²) in [7, 11) is 2.13. The van der Waals surface area contributed by atoms with E-state index in [-0.39, 0.29) is 6.61 Å². The van der Waals surface area contributed by atoms with Crippen LogP contribution >= 0.6 is 0 Å². The van der Waals surface area contributed by atoms with Gasteiger partial charge in [0, 0.05) is 31.8 Å². The lowest BCUT2D eigenvalue weighted by Gasteiger charge is -2.12. The summed E-state index contributed by atoms with van der Waals surface area (Å²) in [6.07, 6.45) is 0.779. The zero-order chi connectivity index (χ0) is 10.1. The summed E-state index contributed by atoms with van der Waals surface area (Å²) in [5, 5.41) is 8.99. The van der Waals surface area contributed by atoms with Crippen molar-refractivity contribution in [2.75, 3.05) is 25.1 Å². The molecule has 0 radical (unpaired) electrons. The van der Waals surface area contributed by atoms with Crippen molar-refractivity contribution in [1.82, 2.24) is 0 Å². The Bertz CT molecular complexity index is 335. The second kappa shape index (κ2) is 3.62. The maximum Gasteiger partial charge on any atom is 0.0471 e. The van der Waals surface area contributed by atoms with E-state index in [0.29, 0.717) is 5.92 Å². The van der Waals surface area contributed by atoms with Gasteiger partial charge < -0.3 is 10.0 Å². The van der Waals surface area contributed by atoms with E-state index in [1.54, 1.807) is 0 Å². The van der Waals surface area contributed by atoms with Gasteiger partial charge in [-0.2, -0.15) is 0 Å². The van der Waals surface area contributed by atoms with Crippen LogP contribution < -0.4 is 4.90 Å². The van der Waals surface area contributed by atoms with Crippen molar-refractivity contribution in [3.05, 3.63) is 29.3 Å². The Morgan fingerprint density at radius 1 is 1.50 bits per heavy atom. The minimum Gasteiger partial charge on any atom is -0.396 e. The predicted molar refractivity (Wildman–Crippen MR) is 58.9 cm³/mol. The van der Waals surface area contributed by atoms with Crippen LogP contribution in [0, 0.1) is 0 Å². The smallest absolute Gasteiger partial charge is 0.0471 e. The molecule has 1 N–H and O–H groups in total. The van der Waals surface area contributed by atoms with E-state index in [0.717, 1.165) is 13.0 Å². The number of benzene rings is 1. The van der Waals surface area contributed by atoms with Crippen molar-refractivity contribution >= 4 is 5.69 Å². The molecule has 1 unspecified atom stereocenters. The number of rotatable bonds is 2. The quantitative estimate of drug-likeness (QED) is 0.770. The van der Waals surface area contributed by atoms with Crippen LogP contribution in [0.1, 0.15) is 24.0 Å². The molecule has 1 aliphatic rings. The molecular formula is C12H17NO. The first-order valence-electron chi connectivity index (χ1n) is 5.18. The second-order valence-corrected chi connectivity index (χ2v) is 4.11. The lowest BCUT2D eigenvalue weighted by molar-refractivity contribution is 0.299. The van der Waals surface area contributed by atoms with Crippen molar-refractivity contribution in [3.8, 4) is 0 Å². The Morgan fingerprint density at radius 3 is 3.00 bits per heavy atom. The molecule has 0 bridgehead atoms. The fourth-order valence-corrected chi connectivity index (χ4v) is 2.44. The normalized spacial score (nSPS) is 19.9. The molecule has 0 saturated heterocycles. The topological polar surface area (TPSA) is 23.5 Å². The summed E-state index contributed by atoms with van der Waals surface area (Å²) in [6.45, 7) is 3.59. The lowest BCUT2D eigenvalue weighted by Crippen LogP contribution is -2.13. The fourth-order valence-electron chi connectivity index (χ4n) is 2.44. The Balaban J connectivity index is 2.45. The van der Waals surface area contributed by atoms with E-state index >= 15 is 0 Å². The number of hydrogen-bond acceptors (Lipinski definition) is 2. The molecule has 76 valence electrons. The maximum absolute atomic E-state index is 8.99. The SMILES string of the molecule is CC1CN(C)c2cccc(CCO)c21. The van der Waals surface area contributed by atoms with Gasteiger partial charge in [-0.15, -0.1) is 0 Å². The Kier molecular flexibility index (Phi) is 2.46. The van der Waals surface area contributed by atoms with Crippen LogP contribution in [0.3, 0.4) is 0 Å². The average molecular weight is 191 g/mol. The number of fused-ring (bicyclic) bond motifs is 1. The summed E-state index contributed by atoms with van der Waals surface area (Å²) in [4.78, 5) is 2.29. The summed E-state index contributed by atoms with van der Waals surface area (Å²) >= 11 is 0. The molecule has 0 spiro atoms. The van der Waals surface area contributed by atoms with Crippen LogP contribution in [0.4, 0.5) is 5.69 Å². The van der Waals surface area contributed by atoms with Gasteiger partial charge in [0.2, 0.25) is 0 Å². The Labute approximate surface area is 85.2 Å².